The van der Waals surface area contributed by atoms with Gasteiger partial charge in [-0.3, -0.25) is 4.79 Å². The first kappa shape index (κ1) is 26.7. The quantitative estimate of drug-likeness (QED) is 0.341. The fraction of sp³-hybridized carbons (Fsp3) is 0.579. The molecule has 0 amide bonds. The number of hydrogen-bond acceptors (Lipinski definition) is 4. The lowest BCUT2D eigenvalue weighted by molar-refractivity contribution is -0.132. The third kappa shape index (κ3) is 3.85. The van der Waals surface area contributed by atoms with Crippen LogP contribution < -0.4 is 4.74 Å². The van der Waals surface area contributed by atoms with Crippen molar-refractivity contribution in [1.29, 1.82) is 0 Å². The number of ether oxygens (including phenoxy) is 2. The van der Waals surface area contributed by atoms with Crippen molar-refractivity contribution >= 4 is 22.9 Å². The highest BCUT2D eigenvalue weighted by atomic mass is 16.5. The summed E-state index contributed by atoms with van der Waals surface area (Å²) in [6.07, 6.45) is 13.0. The summed E-state index contributed by atoms with van der Waals surface area (Å²) in [6, 6.07) is 12.9. The molecule has 0 aliphatic heterocycles. The Morgan fingerprint density at radius 3 is 2.24 bits per heavy atom. The van der Waals surface area contributed by atoms with E-state index in [0.717, 1.165) is 24.5 Å². The van der Waals surface area contributed by atoms with E-state index in [1.165, 1.54) is 98.3 Å². The van der Waals surface area contributed by atoms with Crippen molar-refractivity contribution in [3.63, 3.8) is 0 Å². The average molecular weight is 565 g/mol. The summed E-state index contributed by atoms with van der Waals surface area (Å²) in [5, 5.41) is 0. The van der Waals surface area contributed by atoms with Gasteiger partial charge in [0.2, 0.25) is 0 Å². The van der Waals surface area contributed by atoms with Crippen LogP contribution in [-0.4, -0.2) is 26.0 Å². The van der Waals surface area contributed by atoms with E-state index in [-0.39, 0.29) is 29.1 Å². The van der Waals surface area contributed by atoms with Gasteiger partial charge < -0.3 is 9.47 Å². The van der Waals surface area contributed by atoms with E-state index in [0.29, 0.717) is 29.1 Å². The molecule has 4 nitrogen and oxygen atoms in total. The fourth-order valence-corrected chi connectivity index (χ4v) is 10.7. The summed E-state index contributed by atoms with van der Waals surface area (Å²) in [6.45, 7) is 2.39. The zero-order chi connectivity index (χ0) is 28.7. The second-order valence-electron chi connectivity index (χ2n) is 14.6. The third-order valence-electron chi connectivity index (χ3n) is 12.5. The molecule has 8 rings (SSSR count). The van der Waals surface area contributed by atoms with E-state index in [4.69, 9.17) is 9.47 Å². The largest absolute Gasteiger partial charge is 0.497 e. The van der Waals surface area contributed by atoms with E-state index in [2.05, 4.69) is 37.3 Å². The topological polar surface area (TPSA) is 52.6 Å². The average Bonchev–Trinajstić information content (AvgIpc) is 3.60. The number of fused-ring (bicyclic) bond motifs is 9. The molecule has 0 saturated heterocycles. The van der Waals surface area contributed by atoms with E-state index in [9.17, 15) is 9.59 Å². The van der Waals surface area contributed by atoms with Gasteiger partial charge in [-0.25, -0.2) is 4.79 Å². The van der Waals surface area contributed by atoms with Crippen LogP contribution in [0.3, 0.4) is 0 Å². The molecule has 2 bridgehead atoms. The van der Waals surface area contributed by atoms with E-state index in [1.54, 1.807) is 7.11 Å². The van der Waals surface area contributed by atoms with Gasteiger partial charge in [0.05, 0.1) is 19.8 Å². The number of rotatable bonds is 5. The van der Waals surface area contributed by atoms with Gasteiger partial charge in [-0.05, 0) is 139 Å². The Bertz CT molecular complexity index is 1480. The molecule has 6 aliphatic carbocycles. The van der Waals surface area contributed by atoms with Crippen molar-refractivity contribution in [2.75, 3.05) is 14.2 Å². The SMILES string of the molecule is COC(=O)c1ccc2c(c1)C1CC3(C(=O)C4C5CCC4CC(C)C5)CC3c3cc(OC)ccc3C1=C2C1CCCCC1. The van der Waals surface area contributed by atoms with Gasteiger partial charge in [-0.15, -0.1) is 0 Å². The van der Waals surface area contributed by atoms with Crippen molar-refractivity contribution in [3.05, 3.63) is 64.2 Å². The third-order valence-corrected chi connectivity index (χ3v) is 12.5. The second-order valence-corrected chi connectivity index (χ2v) is 14.6. The van der Waals surface area contributed by atoms with Crippen molar-refractivity contribution in [2.24, 2.45) is 35.0 Å². The normalized spacial score (nSPS) is 34.5. The number of esters is 1. The van der Waals surface area contributed by atoms with Gasteiger partial charge in [-0.1, -0.05) is 38.3 Å². The number of methoxy groups -OCH3 is 2. The standard InChI is InChI=1S/C38H44O4/c1-21-15-23-9-10-24(16-21)33(23)36(39)38-19-31-29-17-25(37(40)42-3)11-13-27(29)34(22-7-5-4-6-8-22)35(31)28-14-12-26(41-2)18-30(28)32(38)20-38/h11-14,17-18,21-24,31-33H,4-10,15-16,19-20H2,1-3H3. The second kappa shape index (κ2) is 9.82. The minimum absolute atomic E-state index is 0.130. The predicted molar refractivity (Wildman–Crippen MR) is 164 cm³/mol. The molecule has 0 N–H and O–H groups in total. The molecule has 2 aromatic rings. The van der Waals surface area contributed by atoms with Crippen molar-refractivity contribution in [2.45, 2.75) is 89.4 Å². The zero-order valence-corrected chi connectivity index (χ0v) is 25.4. The fourth-order valence-electron chi connectivity index (χ4n) is 10.7. The number of hydrogen-bond donors (Lipinski definition) is 0. The number of Topliss-reactive ketones (excluding diaryl/α,β-unsaturated/α-hetero) is 1. The predicted octanol–water partition coefficient (Wildman–Crippen LogP) is 8.59. The first-order chi connectivity index (χ1) is 20.4. The summed E-state index contributed by atoms with van der Waals surface area (Å²) >= 11 is 0. The van der Waals surface area contributed by atoms with Gasteiger partial charge in [0.1, 0.15) is 11.5 Å². The molecule has 42 heavy (non-hydrogen) atoms. The van der Waals surface area contributed by atoms with Crippen LogP contribution in [0.5, 0.6) is 5.75 Å². The highest BCUT2D eigenvalue weighted by Crippen LogP contribution is 2.73. The van der Waals surface area contributed by atoms with Gasteiger partial charge >= 0.3 is 5.97 Å². The van der Waals surface area contributed by atoms with Gasteiger partial charge in [0.15, 0.2) is 0 Å². The first-order valence-electron chi connectivity index (χ1n) is 16.6. The Morgan fingerprint density at radius 1 is 0.810 bits per heavy atom. The number of carbonyl (C=O) groups is 2. The molecule has 5 atom stereocenters. The van der Waals surface area contributed by atoms with Gasteiger partial charge in [0.25, 0.3) is 0 Å². The maximum Gasteiger partial charge on any atom is 0.337 e. The lowest BCUT2D eigenvalue weighted by atomic mass is 9.67. The Labute approximate surface area is 250 Å². The van der Waals surface area contributed by atoms with E-state index >= 15 is 0 Å². The minimum Gasteiger partial charge on any atom is -0.497 e. The van der Waals surface area contributed by atoms with Crippen LogP contribution in [0.1, 0.15) is 122 Å². The smallest absolute Gasteiger partial charge is 0.337 e. The lowest BCUT2D eigenvalue weighted by Crippen LogP contribution is -2.37. The maximum atomic E-state index is 15.0. The molecule has 6 aliphatic rings. The molecule has 0 spiro atoms. The molecule has 220 valence electrons. The summed E-state index contributed by atoms with van der Waals surface area (Å²) < 4.78 is 10.9. The van der Waals surface area contributed by atoms with Gasteiger partial charge in [-0.2, -0.15) is 0 Å². The maximum absolute atomic E-state index is 15.0. The molecule has 5 unspecified atom stereocenters. The Hall–Kier alpha value is -2.88. The first-order valence-corrected chi connectivity index (χ1v) is 16.6. The summed E-state index contributed by atoms with van der Waals surface area (Å²) in [7, 11) is 3.21. The van der Waals surface area contributed by atoms with Crippen LogP contribution in [0.25, 0.3) is 11.1 Å². The molecule has 4 fully saturated rings. The summed E-state index contributed by atoms with van der Waals surface area (Å²) in [5.74, 6) is 4.16. The molecule has 0 aromatic heterocycles. The van der Waals surface area contributed by atoms with Crippen LogP contribution >= 0.6 is 0 Å². The number of benzene rings is 2. The van der Waals surface area contributed by atoms with Crippen molar-refractivity contribution in [1.82, 2.24) is 0 Å². The summed E-state index contributed by atoms with van der Waals surface area (Å²) in [4.78, 5) is 27.7. The molecule has 0 radical (unpaired) electrons. The number of allylic oxidation sites excluding steroid dienone is 2. The van der Waals surface area contributed by atoms with E-state index < -0.39 is 0 Å². The zero-order valence-electron chi connectivity index (χ0n) is 25.4. The molecular formula is C38H44O4. The van der Waals surface area contributed by atoms with Gasteiger partial charge in [0, 0.05) is 17.3 Å². The molecule has 0 heterocycles. The van der Waals surface area contributed by atoms with Crippen molar-refractivity contribution < 1.29 is 19.1 Å². The molecule has 4 saturated carbocycles. The van der Waals surface area contributed by atoms with Crippen LogP contribution in [0.2, 0.25) is 0 Å². The van der Waals surface area contributed by atoms with Crippen LogP contribution in [0, 0.1) is 35.0 Å². The number of ketones is 1. The highest BCUT2D eigenvalue weighted by molar-refractivity contribution is 6.04. The monoisotopic (exact) mass is 564 g/mol. The Balaban J connectivity index is 1.31. The molecule has 4 heteroatoms. The van der Waals surface area contributed by atoms with Crippen molar-refractivity contribution in [3.8, 4) is 5.75 Å². The van der Waals surface area contributed by atoms with Crippen LogP contribution in [0.4, 0.5) is 0 Å². The van der Waals surface area contributed by atoms with Crippen LogP contribution in [0.15, 0.2) is 36.4 Å². The Morgan fingerprint density at radius 2 is 1.52 bits per heavy atom. The Kier molecular flexibility index (Phi) is 6.25. The number of carbonyl (C=O) groups excluding carboxylic acids is 2. The molecular weight excluding hydrogens is 520 g/mol. The van der Waals surface area contributed by atoms with E-state index in [1.807, 2.05) is 6.07 Å². The molecule has 2 aromatic carbocycles. The highest BCUT2D eigenvalue weighted by Gasteiger charge is 2.66. The van der Waals surface area contributed by atoms with Crippen LogP contribution in [-0.2, 0) is 9.53 Å². The lowest BCUT2D eigenvalue weighted by Gasteiger charge is -2.36. The minimum atomic E-state index is -0.319. The summed E-state index contributed by atoms with van der Waals surface area (Å²) in [5.41, 5.74) is 8.44.